The Balaban J connectivity index is 1.91. The van der Waals surface area contributed by atoms with Crippen molar-refractivity contribution in [3.05, 3.63) is 63.6 Å². The Labute approximate surface area is 157 Å². The van der Waals surface area contributed by atoms with Crippen LogP contribution in [-0.4, -0.2) is 16.3 Å². The topological polar surface area (TPSA) is 29.9 Å². The molecule has 2 heterocycles. The van der Waals surface area contributed by atoms with Gasteiger partial charge in [0.25, 0.3) is 0 Å². The van der Waals surface area contributed by atoms with Gasteiger partial charge in [-0.2, -0.15) is 5.10 Å². The Morgan fingerprint density at radius 1 is 1.04 bits per heavy atom. The summed E-state index contributed by atoms with van der Waals surface area (Å²) >= 11 is 12.5. The summed E-state index contributed by atoms with van der Waals surface area (Å²) in [7, 11) is 0. The van der Waals surface area contributed by atoms with Gasteiger partial charge >= 0.3 is 0 Å². The minimum atomic E-state index is 0.597. The van der Waals surface area contributed by atoms with Crippen LogP contribution in [-0.2, 0) is 6.42 Å². The van der Waals surface area contributed by atoms with Crippen molar-refractivity contribution in [2.45, 2.75) is 26.2 Å². The van der Waals surface area contributed by atoms with Gasteiger partial charge in [0.15, 0.2) is 0 Å². The summed E-state index contributed by atoms with van der Waals surface area (Å²) in [6.07, 6.45) is 3.31. The molecule has 5 heteroatoms. The van der Waals surface area contributed by atoms with Crippen molar-refractivity contribution < 1.29 is 0 Å². The minimum Gasteiger partial charge on any atom is -0.370 e. The number of hydrogen-bond acceptors (Lipinski definition) is 2. The van der Waals surface area contributed by atoms with Crippen molar-refractivity contribution >= 4 is 29.0 Å². The second-order valence-electron chi connectivity index (χ2n) is 6.43. The molecule has 2 aromatic carbocycles. The van der Waals surface area contributed by atoms with E-state index in [9.17, 15) is 0 Å². The lowest BCUT2D eigenvalue weighted by molar-refractivity contribution is 0.780. The molecule has 0 amide bonds. The van der Waals surface area contributed by atoms with E-state index in [2.05, 4.69) is 36.5 Å². The Hall–Kier alpha value is -1.97. The van der Waals surface area contributed by atoms with E-state index < -0.39 is 0 Å². The molecule has 25 heavy (non-hydrogen) atoms. The highest BCUT2D eigenvalue weighted by molar-refractivity contribution is 6.35. The molecule has 0 saturated carbocycles. The van der Waals surface area contributed by atoms with Crippen molar-refractivity contribution in [3.63, 3.8) is 0 Å². The zero-order chi connectivity index (χ0) is 17.4. The largest absolute Gasteiger partial charge is 0.370 e. The molecule has 0 fully saturated rings. The van der Waals surface area contributed by atoms with Crippen LogP contribution in [0.4, 0.5) is 5.82 Å². The van der Waals surface area contributed by atoms with Crippen molar-refractivity contribution in [1.82, 2.24) is 9.78 Å². The summed E-state index contributed by atoms with van der Waals surface area (Å²) in [4.78, 5) is 0. The summed E-state index contributed by atoms with van der Waals surface area (Å²) in [6.45, 7) is 3.04. The van der Waals surface area contributed by atoms with Crippen LogP contribution in [0, 0.1) is 6.92 Å². The van der Waals surface area contributed by atoms with Crippen LogP contribution in [0.3, 0.4) is 0 Å². The van der Waals surface area contributed by atoms with Crippen LogP contribution >= 0.6 is 23.2 Å². The second-order valence-corrected chi connectivity index (χ2v) is 7.28. The van der Waals surface area contributed by atoms with Crippen LogP contribution in [0.1, 0.15) is 24.0 Å². The van der Waals surface area contributed by atoms with Gasteiger partial charge in [-0.05, 0) is 44.4 Å². The molecule has 0 spiro atoms. The zero-order valence-corrected chi connectivity index (χ0v) is 15.5. The minimum absolute atomic E-state index is 0.597. The van der Waals surface area contributed by atoms with E-state index in [4.69, 9.17) is 28.3 Å². The van der Waals surface area contributed by atoms with Crippen LogP contribution in [0.15, 0.2) is 42.5 Å². The van der Waals surface area contributed by atoms with Gasteiger partial charge in [0.2, 0.25) is 0 Å². The first-order chi connectivity index (χ1) is 12.1. The highest BCUT2D eigenvalue weighted by Gasteiger charge is 2.22. The molecule has 3 aromatic rings. The number of fused-ring (bicyclic) bond motifs is 1. The van der Waals surface area contributed by atoms with Crippen molar-refractivity contribution in [1.29, 1.82) is 0 Å². The first-order valence-corrected chi connectivity index (χ1v) is 9.27. The number of aryl methyl sites for hydroxylation is 1. The van der Waals surface area contributed by atoms with Gasteiger partial charge in [0.05, 0.1) is 16.4 Å². The summed E-state index contributed by atoms with van der Waals surface area (Å²) < 4.78 is 1.93. The molecule has 1 aliphatic rings. The van der Waals surface area contributed by atoms with Gasteiger partial charge in [-0.25, -0.2) is 4.68 Å². The van der Waals surface area contributed by atoms with Gasteiger partial charge in [-0.3, -0.25) is 0 Å². The maximum absolute atomic E-state index is 6.45. The molecule has 0 saturated heterocycles. The molecule has 1 aliphatic heterocycles. The summed E-state index contributed by atoms with van der Waals surface area (Å²) in [5.41, 5.74) is 5.50. The number of benzene rings is 2. The van der Waals surface area contributed by atoms with Crippen LogP contribution in [0.25, 0.3) is 16.9 Å². The highest BCUT2D eigenvalue weighted by Crippen LogP contribution is 2.36. The van der Waals surface area contributed by atoms with Crippen molar-refractivity contribution in [2.24, 2.45) is 0 Å². The Kier molecular flexibility index (Phi) is 4.45. The fraction of sp³-hybridized carbons (Fsp3) is 0.250. The number of nitrogens with one attached hydrogen (secondary N) is 1. The Morgan fingerprint density at radius 3 is 2.60 bits per heavy atom. The monoisotopic (exact) mass is 371 g/mol. The van der Waals surface area contributed by atoms with E-state index >= 15 is 0 Å². The van der Waals surface area contributed by atoms with Crippen LogP contribution < -0.4 is 5.32 Å². The van der Waals surface area contributed by atoms with Gasteiger partial charge in [-0.1, -0.05) is 53.0 Å². The fourth-order valence-electron chi connectivity index (χ4n) is 3.27. The van der Waals surface area contributed by atoms with Crippen LogP contribution in [0.2, 0.25) is 10.0 Å². The SMILES string of the molecule is Cc1ccc(-c2nn(-c3ccc(Cl)cc3Cl)c3c2CCCCN3)cc1. The third-order valence-electron chi connectivity index (χ3n) is 4.59. The molecule has 0 bridgehead atoms. The number of aromatic nitrogens is 2. The second kappa shape index (κ2) is 6.74. The van der Waals surface area contributed by atoms with E-state index in [1.54, 1.807) is 6.07 Å². The average molecular weight is 372 g/mol. The predicted molar refractivity (Wildman–Crippen MR) is 105 cm³/mol. The Bertz CT molecular complexity index is 913. The number of halogens is 2. The molecule has 4 rings (SSSR count). The normalized spacial score (nSPS) is 13.9. The maximum Gasteiger partial charge on any atom is 0.133 e. The molecule has 0 radical (unpaired) electrons. The lowest BCUT2D eigenvalue weighted by Crippen LogP contribution is -2.07. The van der Waals surface area contributed by atoms with Gasteiger partial charge < -0.3 is 5.32 Å². The molecule has 1 aromatic heterocycles. The third kappa shape index (κ3) is 3.14. The van der Waals surface area contributed by atoms with Gasteiger partial charge in [-0.15, -0.1) is 0 Å². The lowest BCUT2D eigenvalue weighted by Gasteiger charge is -2.10. The van der Waals surface area contributed by atoms with E-state index in [0.29, 0.717) is 10.0 Å². The van der Waals surface area contributed by atoms with Gasteiger partial charge in [0.1, 0.15) is 5.82 Å². The fourth-order valence-corrected chi connectivity index (χ4v) is 3.76. The first kappa shape index (κ1) is 16.5. The van der Waals surface area contributed by atoms with Crippen molar-refractivity contribution in [3.8, 4) is 16.9 Å². The standard InChI is InChI=1S/C20H19Cl2N3/c1-13-5-7-14(8-6-13)19-16-4-2-3-11-23-20(16)25(24-19)18-10-9-15(21)12-17(18)22/h5-10,12,23H,2-4,11H2,1H3. The quantitative estimate of drug-likeness (QED) is 0.607. The number of hydrogen-bond donors (Lipinski definition) is 1. The molecule has 1 N–H and O–H groups in total. The predicted octanol–water partition coefficient (Wildman–Crippen LogP) is 5.90. The highest BCUT2D eigenvalue weighted by atomic mass is 35.5. The van der Waals surface area contributed by atoms with E-state index in [-0.39, 0.29) is 0 Å². The molecule has 0 unspecified atom stereocenters. The average Bonchev–Trinajstić information content (AvgIpc) is 2.78. The molecule has 0 atom stereocenters. The molecule has 3 nitrogen and oxygen atoms in total. The van der Waals surface area contributed by atoms with Crippen LogP contribution in [0.5, 0.6) is 0 Å². The number of nitrogens with zero attached hydrogens (tertiary/aromatic N) is 2. The molecule has 128 valence electrons. The number of rotatable bonds is 2. The van der Waals surface area contributed by atoms with E-state index in [1.165, 1.54) is 11.1 Å². The maximum atomic E-state index is 6.45. The first-order valence-electron chi connectivity index (χ1n) is 8.52. The number of anilines is 1. The molecular weight excluding hydrogens is 353 g/mol. The lowest BCUT2D eigenvalue weighted by atomic mass is 10.0. The summed E-state index contributed by atoms with van der Waals surface area (Å²) in [6, 6.07) is 14.0. The third-order valence-corrected chi connectivity index (χ3v) is 5.13. The smallest absolute Gasteiger partial charge is 0.133 e. The Morgan fingerprint density at radius 2 is 1.84 bits per heavy atom. The molecular formula is C20H19Cl2N3. The summed E-state index contributed by atoms with van der Waals surface area (Å²) in [5.74, 6) is 1.04. The zero-order valence-electron chi connectivity index (χ0n) is 14.0. The molecule has 0 aliphatic carbocycles. The van der Waals surface area contributed by atoms with Gasteiger partial charge in [0, 0.05) is 22.7 Å². The summed E-state index contributed by atoms with van der Waals surface area (Å²) in [5, 5.41) is 9.69. The van der Waals surface area contributed by atoms with E-state index in [1.807, 2.05) is 16.8 Å². The van der Waals surface area contributed by atoms with Crippen molar-refractivity contribution in [2.75, 3.05) is 11.9 Å². The van der Waals surface area contributed by atoms with E-state index in [0.717, 1.165) is 48.6 Å².